The summed E-state index contributed by atoms with van der Waals surface area (Å²) in [6.07, 6.45) is 5.71. The van der Waals surface area contributed by atoms with Crippen LogP contribution >= 0.6 is 0 Å². The van der Waals surface area contributed by atoms with Gasteiger partial charge >= 0.3 is 0 Å². The van der Waals surface area contributed by atoms with Crippen LogP contribution in [0.5, 0.6) is 0 Å². The monoisotopic (exact) mass is 269 g/mol. The fraction of sp³-hybridized carbons (Fsp3) is 0.312. The van der Waals surface area contributed by atoms with Crippen LogP contribution in [-0.2, 0) is 6.54 Å². The molecule has 1 aliphatic rings. The molecule has 0 spiro atoms. The fourth-order valence-corrected chi connectivity index (χ4v) is 2.33. The van der Waals surface area contributed by atoms with Gasteiger partial charge in [-0.15, -0.1) is 0 Å². The normalized spacial score (nSPS) is 17.9. The van der Waals surface area contributed by atoms with Crippen LogP contribution in [0.4, 0.5) is 0 Å². The molecule has 3 heterocycles. The number of nitrogens with zero attached hydrogens (tertiary/aromatic N) is 2. The van der Waals surface area contributed by atoms with Gasteiger partial charge in [0.1, 0.15) is 5.76 Å². The van der Waals surface area contributed by atoms with Gasteiger partial charge in [-0.25, -0.2) is 0 Å². The number of hydrogen-bond donors (Lipinski definition) is 1. The molecule has 0 bridgehead atoms. The van der Waals surface area contributed by atoms with Crippen LogP contribution in [0.25, 0.3) is 5.57 Å². The zero-order chi connectivity index (χ0) is 14.0. The van der Waals surface area contributed by atoms with Crippen molar-refractivity contribution in [3.63, 3.8) is 0 Å². The predicted octanol–water partition coefficient (Wildman–Crippen LogP) is 2.86. The summed E-state index contributed by atoms with van der Waals surface area (Å²) in [6, 6.07) is 9.91. The van der Waals surface area contributed by atoms with Gasteiger partial charge in [0.2, 0.25) is 0 Å². The van der Waals surface area contributed by atoms with E-state index in [4.69, 9.17) is 4.42 Å². The van der Waals surface area contributed by atoms with Crippen LogP contribution < -0.4 is 5.32 Å². The number of aromatic nitrogens is 1. The first-order chi connectivity index (χ1) is 9.65. The topological polar surface area (TPSA) is 41.3 Å². The maximum absolute atomic E-state index is 5.49. The minimum Gasteiger partial charge on any atom is -0.465 e. The summed E-state index contributed by atoms with van der Waals surface area (Å²) < 4.78 is 5.49. The van der Waals surface area contributed by atoms with Gasteiger partial charge in [0.15, 0.2) is 0 Å². The Balaban J connectivity index is 1.87. The maximum atomic E-state index is 5.49. The molecule has 0 aliphatic carbocycles. The van der Waals surface area contributed by atoms with E-state index >= 15 is 0 Å². The third kappa shape index (κ3) is 2.60. The molecule has 1 aliphatic heterocycles. The van der Waals surface area contributed by atoms with Crippen LogP contribution in [0, 0.1) is 0 Å². The van der Waals surface area contributed by atoms with Crippen molar-refractivity contribution in [3.05, 3.63) is 60.4 Å². The molecule has 2 aromatic heterocycles. The third-order valence-corrected chi connectivity index (χ3v) is 3.64. The summed E-state index contributed by atoms with van der Waals surface area (Å²) in [7, 11) is 0. The second kappa shape index (κ2) is 5.13. The summed E-state index contributed by atoms with van der Waals surface area (Å²) in [5.74, 6) is 0.916. The van der Waals surface area contributed by atoms with Crippen LogP contribution in [0.2, 0.25) is 0 Å². The number of hydrogen-bond acceptors (Lipinski definition) is 4. The van der Waals surface area contributed by atoms with Crippen LogP contribution in [0.3, 0.4) is 0 Å². The van der Waals surface area contributed by atoms with Crippen LogP contribution in [-0.4, -0.2) is 22.1 Å². The fourth-order valence-electron chi connectivity index (χ4n) is 2.33. The van der Waals surface area contributed by atoms with Crippen molar-refractivity contribution in [1.29, 1.82) is 0 Å². The molecule has 2 aromatic rings. The van der Waals surface area contributed by atoms with Crippen molar-refractivity contribution in [3.8, 4) is 0 Å². The van der Waals surface area contributed by atoms with Gasteiger partial charge in [0.25, 0.3) is 0 Å². The summed E-state index contributed by atoms with van der Waals surface area (Å²) in [4.78, 5) is 6.66. The highest BCUT2D eigenvalue weighted by molar-refractivity contribution is 5.63. The lowest BCUT2D eigenvalue weighted by Gasteiger charge is -2.42. The van der Waals surface area contributed by atoms with E-state index in [0.717, 1.165) is 30.1 Å². The van der Waals surface area contributed by atoms with Gasteiger partial charge < -0.3 is 9.32 Å². The largest absolute Gasteiger partial charge is 0.465 e. The molecule has 0 aromatic carbocycles. The van der Waals surface area contributed by atoms with E-state index in [-0.39, 0.29) is 5.66 Å². The first kappa shape index (κ1) is 12.9. The van der Waals surface area contributed by atoms with Gasteiger partial charge in [0, 0.05) is 24.5 Å². The molecule has 0 unspecified atom stereocenters. The van der Waals surface area contributed by atoms with E-state index < -0.39 is 0 Å². The summed E-state index contributed by atoms with van der Waals surface area (Å²) in [6.45, 7) is 5.92. The molecule has 1 N–H and O–H groups in total. The highest BCUT2D eigenvalue weighted by atomic mass is 16.3. The lowest BCUT2D eigenvalue weighted by Crippen LogP contribution is -2.55. The summed E-state index contributed by atoms with van der Waals surface area (Å²) in [5, 5.41) is 3.54. The number of rotatable bonds is 3. The molecule has 0 saturated carbocycles. The second-order valence-corrected chi connectivity index (χ2v) is 5.49. The Bertz CT molecular complexity index is 587. The van der Waals surface area contributed by atoms with Gasteiger partial charge in [-0.3, -0.25) is 10.3 Å². The molecule has 4 nitrogen and oxygen atoms in total. The van der Waals surface area contributed by atoms with E-state index in [9.17, 15) is 0 Å². The van der Waals surface area contributed by atoms with Crippen molar-refractivity contribution < 1.29 is 4.42 Å². The molecule has 0 amide bonds. The van der Waals surface area contributed by atoms with Gasteiger partial charge in [-0.2, -0.15) is 0 Å². The van der Waals surface area contributed by atoms with Crippen molar-refractivity contribution >= 4 is 5.57 Å². The first-order valence-electron chi connectivity index (χ1n) is 6.81. The Morgan fingerprint density at radius 3 is 2.90 bits per heavy atom. The quantitative estimate of drug-likeness (QED) is 0.930. The number of nitrogens with one attached hydrogen (secondary N) is 1. The minimum absolute atomic E-state index is 0.104. The van der Waals surface area contributed by atoms with Gasteiger partial charge in [0.05, 0.1) is 24.2 Å². The lowest BCUT2D eigenvalue weighted by molar-refractivity contribution is 0.129. The highest BCUT2D eigenvalue weighted by Crippen LogP contribution is 2.25. The average molecular weight is 269 g/mol. The van der Waals surface area contributed by atoms with Gasteiger partial charge in [-0.1, -0.05) is 6.07 Å². The Kier molecular flexibility index (Phi) is 3.32. The van der Waals surface area contributed by atoms with Gasteiger partial charge in [-0.05, 0) is 38.1 Å². The SMILES string of the molecule is CC1(C)NCC(c2ccco2)=CN1Cc1ccccn1. The van der Waals surface area contributed by atoms with E-state index in [1.807, 2.05) is 36.5 Å². The summed E-state index contributed by atoms with van der Waals surface area (Å²) >= 11 is 0. The van der Waals surface area contributed by atoms with Crippen LogP contribution in [0.1, 0.15) is 25.3 Å². The molecular formula is C16H19N3O. The standard InChI is InChI=1S/C16H19N3O/c1-16(2)18-10-13(15-7-5-9-20-15)11-19(16)12-14-6-3-4-8-17-14/h3-9,11,18H,10,12H2,1-2H3. The predicted molar refractivity (Wildman–Crippen MR) is 78.5 cm³/mol. The number of pyridine rings is 1. The highest BCUT2D eigenvalue weighted by Gasteiger charge is 2.29. The van der Waals surface area contributed by atoms with E-state index in [1.54, 1.807) is 6.26 Å². The van der Waals surface area contributed by atoms with E-state index in [1.165, 1.54) is 0 Å². The van der Waals surface area contributed by atoms with Crippen LogP contribution in [0.15, 0.2) is 53.4 Å². The molecule has 3 rings (SSSR count). The number of furan rings is 1. The lowest BCUT2D eigenvalue weighted by atomic mass is 10.1. The van der Waals surface area contributed by atoms with Crippen molar-refractivity contribution in [1.82, 2.24) is 15.2 Å². The molecule has 0 saturated heterocycles. The molecule has 0 radical (unpaired) electrons. The smallest absolute Gasteiger partial charge is 0.132 e. The molecule has 0 atom stereocenters. The molecule has 4 heteroatoms. The average Bonchev–Trinajstić information content (AvgIpc) is 2.96. The Hall–Kier alpha value is -2.07. The zero-order valence-electron chi connectivity index (χ0n) is 11.8. The molecule has 104 valence electrons. The summed E-state index contributed by atoms with van der Waals surface area (Å²) in [5.41, 5.74) is 2.11. The van der Waals surface area contributed by atoms with E-state index in [2.05, 4.69) is 35.2 Å². The molecule has 20 heavy (non-hydrogen) atoms. The zero-order valence-corrected chi connectivity index (χ0v) is 11.8. The Morgan fingerprint density at radius 2 is 2.20 bits per heavy atom. The van der Waals surface area contributed by atoms with Crippen molar-refractivity contribution in [2.24, 2.45) is 0 Å². The minimum atomic E-state index is -0.104. The molecular weight excluding hydrogens is 250 g/mol. The van der Waals surface area contributed by atoms with E-state index in [0.29, 0.717) is 0 Å². The molecule has 0 fully saturated rings. The Labute approximate surface area is 119 Å². The van der Waals surface area contributed by atoms with Crippen molar-refractivity contribution in [2.75, 3.05) is 6.54 Å². The van der Waals surface area contributed by atoms with Crippen molar-refractivity contribution in [2.45, 2.75) is 26.1 Å². The Morgan fingerprint density at radius 1 is 1.30 bits per heavy atom. The second-order valence-electron chi connectivity index (χ2n) is 5.49. The third-order valence-electron chi connectivity index (χ3n) is 3.64. The first-order valence-corrected chi connectivity index (χ1v) is 6.81. The maximum Gasteiger partial charge on any atom is 0.132 e.